The van der Waals surface area contributed by atoms with Crippen LogP contribution in [0.3, 0.4) is 0 Å². The van der Waals surface area contributed by atoms with Gasteiger partial charge in [-0.05, 0) is 31.9 Å². The van der Waals surface area contributed by atoms with Crippen LogP contribution in [0.5, 0.6) is 0 Å². The van der Waals surface area contributed by atoms with Gasteiger partial charge in [-0.15, -0.1) is 0 Å². The minimum absolute atomic E-state index is 0.186. The topological polar surface area (TPSA) is 29.3 Å². The molecule has 15 heavy (non-hydrogen) atoms. The Labute approximate surface area is 89.9 Å². The zero-order valence-corrected chi connectivity index (χ0v) is 9.04. The second kappa shape index (κ2) is 4.19. The van der Waals surface area contributed by atoms with Crippen LogP contribution < -0.4 is 10.6 Å². The van der Waals surface area contributed by atoms with E-state index in [1.54, 1.807) is 6.07 Å². The Hall–Kier alpha value is -1.09. The Morgan fingerprint density at radius 1 is 1.33 bits per heavy atom. The number of benzene rings is 1. The van der Waals surface area contributed by atoms with Gasteiger partial charge in [0.2, 0.25) is 0 Å². The molecule has 2 N–H and O–H groups in total. The molecule has 3 heteroatoms. The molecule has 0 aromatic heterocycles. The summed E-state index contributed by atoms with van der Waals surface area (Å²) in [5.41, 5.74) is 7.44. The first-order valence-corrected chi connectivity index (χ1v) is 5.49. The smallest absolute Gasteiger partial charge is 0.130 e. The quantitative estimate of drug-likeness (QED) is 0.808. The van der Waals surface area contributed by atoms with E-state index in [0.29, 0.717) is 5.56 Å². The summed E-state index contributed by atoms with van der Waals surface area (Å²) in [6.07, 6.45) is 2.38. The Kier molecular flexibility index (Phi) is 2.91. The first-order chi connectivity index (χ1) is 7.20. The number of rotatable bonds is 2. The molecule has 1 aromatic carbocycles. The van der Waals surface area contributed by atoms with Crippen LogP contribution in [-0.4, -0.2) is 13.1 Å². The highest BCUT2D eigenvalue weighted by Crippen LogP contribution is 2.29. The molecular weight excluding hydrogens is 191 g/mol. The summed E-state index contributed by atoms with van der Waals surface area (Å²) >= 11 is 0. The summed E-state index contributed by atoms with van der Waals surface area (Å²) < 4.78 is 13.6. The van der Waals surface area contributed by atoms with Crippen molar-refractivity contribution in [3.63, 3.8) is 0 Å². The van der Waals surface area contributed by atoms with Gasteiger partial charge in [0.1, 0.15) is 5.82 Å². The number of hydrogen-bond acceptors (Lipinski definition) is 2. The van der Waals surface area contributed by atoms with Gasteiger partial charge in [-0.3, -0.25) is 0 Å². The molecule has 0 amide bonds. The maximum Gasteiger partial charge on any atom is 0.130 e. The number of anilines is 1. The summed E-state index contributed by atoms with van der Waals surface area (Å²) in [5.74, 6) is -0.186. The zero-order chi connectivity index (χ0) is 10.8. The normalized spacial score (nSPS) is 18.2. The largest absolute Gasteiger partial charge is 0.371 e. The van der Waals surface area contributed by atoms with E-state index < -0.39 is 0 Å². The minimum atomic E-state index is -0.248. The second-order valence-corrected chi connectivity index (χ2v) is 4.16. The van der Waals surface area contributed by atoms with Crippen molar-refractivity contribution >= 4 is 5.69 Å². The number of halogens is 1. The Balaban J connectivity index is 2.40. The SMILES string of the molecule is C[C@H](N)c1c(F)cccc1N1CCCC1. The van der Waals surface area contributed by atoms with Crippen molar-refractivity contribution in [2.45, 2.75) is 25.8 Å². The molecule has 1 aliphatic heterocycles. The fraction of sp³-hybridized carbons (Fsp3) is 0.500. The fourth-order valence-electron chi connectivity index (χ4n) is 2.21. The van der Waals surface area contributed by atoms with E-state index in [2.05, 4.69) is 4.90 Å². The maximum absolute atomic E-state index is 13.6. The van der Waals surface area contributed by atoms with Gasteiger partial charge in [0, 0.05) is 30.4 Å². The molecule has 0 bridgehead atoms. The maximum atomic E-state index is 13.6. The molecule has 2 rings (SSSR count). The average Bonchev–Trinajstić information content (AvgIpc) is 2.69. The molecule has 82 valence electrons. The van der Waals surface area contributed by atoms with Crippen LogP contribution in [0.25, 0.3) is 0 Å². The lowest BCUT2D eigenvalue weighted by molar-refractivity contribution is 0.592. The van der Waals surface area contributed by atoms with E-state index in [9.17, 15) is 4.39 Å². The van der Waals surface area contributed by atoms with Crippen molar-refractivity contribution in [2.24, 2.45) is 5.73 Å². The molecule has 0 aliphatic carbocycles. The van der Waals surface area contributed by atoms with Crippen molar-refractivity contribution in [1.82, 2.24) is 0 Å². The second-order valence-electron chi connectivity index (χ2n) is 4.16. The van der Waals surface area contributed by atoms with E-state index in [-0.39, 0.29) is 11.9 Å². The molecule has 0 unspecified atom stereocenters. The third kappa shape index (κ3) is 1.97. The summed E-state index contributed by atoms with van der Waals surface area (Å²) in [6, 6.07) is 4.96. The average molecular weight is 208 g/mol. The zero-order valence-electron chi connectivity index (χ0n) is 9.04. The summed E-state index contributed by atoms with van der Waals surface area (Å²) in [5, 5.41) is 0. The number of nitrogens with two attached hydrogens (primary N) is 1. The van der Waals surface area contributed by atoms with E-state index in [0.717, 1.165) is 18.8 Å². The van der Waals surface area contributed by atoms with E-state index >= 15 is 0 Å². The lowest BCUT2D eigenvalue weighted by Crippen LogP contribution is -2.22. The van der Waals surface area contributed by atoms with Crippen LogP contribution in [0.4, 0.5) is 10.1 Å². The van der Waals surface area contributed by atoms with Crippen LogP contribution in [-0.2, 0) is 0 Å². The van der Waals surface area contributed by atoms with Gasteiger partial charge in [-0.2, -0.15) is 0 Å². The Bertz CT molecular complexity index is 343. The predicted molar refractivity (Wildman–Crippen MR) is 60.4 cm³/mol. The van der Waals surface area contributed by atoms with Crippen molar-refractivity contribution < 1.29 is 4.39 Å². The molecule has 0 spiro atoms. The summed E-state index contributed by atoms with van der Waals surface area (Å²) in [7, 11) is 0. The molecule has 0 saturated carbocycles. The van der Waals surface area contributed by atoms with Crippen LogP contribution in [0.1, 0.15) is 31.4 Å². The first kappa shape index (κ1) is 10.4. The van der Waals surface area contributed by atoms with Crippen molar-refractivity contribution in [2.75, 3.05) is 18.0 Å². The third-order valence-electron chi connectivity index (χ3n) is 2.93. The molecule has 1 aliphatic rings. The molecule has 2 nitrogen and oxygen atoms in total. The van der Waals surface area contributed by atoms with Gasteiger partial charge in [-0.25, -0.2) is 4.39 Å². The third-order valence-corrected chi connectivity index (χ3v) is 2.93. The van der Waals surface area contributed by atoms with Crippen LogP contribution in [0.2, 0.25) is 0 Å². The highest BCUT2D eigenvalue weighted by atomic mass is 19.1. The van der Waals surface area contributed by atoms with Gasteiger partial charge >= 0.3 is 0 Å². The van der Waals surface area contributed by atoms with Gasteiger partial charge < -0.3 is 10.6 Å². The molecule has 1 aromatic rings. The monoisotopic (exact) mass is 208 g/mol. The van der Waals surface area contributed by atoms with Crippen molar-refractivity contribution in [3.8, 4) is 0 Å². The number of nitrogens with zero attached hydrogens (tertiary/aromatic N) is 1. The van der Waals surface area contributed by atoms with Gasteiger partial charge in [-0.1, -0.05) is 6.07 Å². The lowest BCUT2D eigenvalue weighted by atomic mass is 10.1. The first-order valence-electron chi connectivity index (χ1n) is 5.49. The summed E-state index contributed by atoms with van der Waals surface area (Å²) in [6.45, 7) is 3.87. The minimum Gasteiger partial charge on any atom is -0.371 e. The molecule has 0 radical (unpaired) electrons. The van der Waals surface area contributed by atoms with Crippen LogP contribution >= 0.6 is 0 Å². The fourth-order valence-corrected chi connectivity index (χ4v) is 2.21. The molecule has 1 saturated heterocycles. The van der Waals surface area contributed by atoms with E-state index in [4.69, 9.17) is 5.73 Å². The van der Waals surface area contributed by atoms with Gasteiger partial charge in [0.15, 0.2) is 0 Å². The Morgan fingerprint density at radius 3 is 2.60 bits per heavy atom. The van der Waals surface area contributed by atoms with E-state index in [1.165, 1.54) is 18.9 Å². The van der Waals surface area contributed by atoms with Gasteiger partial charge in [0.25, 0.3) is 0 Å². The molecule has 1 fully saturated rings. The number of hydrogen-bond donors (Lipinski definition) is 1. The van der Waals surface area contributed by atoms with Crippen molar-refractivity contribution in [1.29, 1.82) is 0 Å². The highest BCUT2D eigenvalue weighted by molar-refractivity contribution is 5.56. The van der Waals surface area contributed by atoms with Gasteiger partial charge in [0.05, 0.1) is 0 Å². The summed E-state index contributed by atoms with van der Waals surface area (Å²) in [4.78, 5) is 2.22. The van der Waals surface area contributed by atoms with E-state index in [1.807, 2.05) is 13.0 Å². The molecule has 1 atom stereocenters. The molecule has 1 heterocycles. The molecular formula is C12H17FN2. The van der Waals surface area contributed by atoms with Crippen molar-refractivity contribution in [3.05, 3.63) is 29.6 Å². The highest BCUT2D eigenvalue weighted by Gasteiger charge is 2.19. The predicted octanol–water partition coefficient (Wildman–Crippen LogP) is 2.45. The van der Waals surface area contributed by atoms with Crippen LogP contribution in [0.15, 0.2) is 18.2 Å². The standard InChI is InChI=1S/C12H17FN2/c1-9(14)12-10(13)5-4-6-11(12)15-7-2-3-8-15/h4-6,9H,2-3,7-8,14H2,1H3/t9-/m0/s1. The lowest BCUT2D eigenvalue weighted by Gasteiger charge is -2.23. The Morgan fingerprint density at radius 2 is 2.00 bits per heavy atom. The van der Waals surface area contributed by atoms with Crippen LogP contribution in [0, 0.1) is 5.82 Å².